The average molecular weight is 1390 g/mol. The summed E-state index contributed by atoms with van der Waals surface area (Å²) in [5.74, 6) is -2.53. The van der Waals surface area contributed by atoms with Gasteiger partial charge in [-0.2, -0.15) is 0 Å². The molecular formula is C63H102O33. The monoisotopic (exact) mass is 1390 g/mol. The number of esters is 1. The molecule has 0 aromatic heterocycles. The molecule has 0 aromatic carbocycles. The molecule has 6 aliphatic heterocycles. The molecular weight excluding hydrogens is 1280 g/mol. The van der Waals surface area contributed by atoms with Crippen molar-refractivity contribution in [2.45, 2.75) is 271 Å². The Morgan fingerprint density at radius 2 is 1.11 bits per heavy atom. The van der Waals surface area contributed by atoms with Gasteiger partial charge in [0.05, 0.1) is 77.3 Å². The fourth-order valence-corrected chi connectivity index (χ4v) is 18.9. The van der Waals surface area contributed by atoms with Crippen LogP contribution >= 0.6 is 0 Å². The van der Waals surface area contributed by atoms with Crippen LogP contribution in [0.4, 0.5) is 0 Å². The van der Waals surface area contributed by atoms with Crippen LogP contribution in [0, 0.1) is 50.2 Å². The molecule has 11 rings (SSSR count). The molecule has 96 heavy (non-hydrogen) atoms. The van der Waals surface area contributed by atoms with Crippen LogP contribution in [-0.2, 0) is 61.6 Å². The number of hydrogen-bond donors (Lipinski definition) is 20. The second-order valence-electron chi connectivity index (χ2n) is 30.7. The van der Waals surface area contributed by atoms with Crippen molar-refractivity contribution in [2.75, 3.05) is 52.9 Å². The quantitative estimate of drug-likeness (QED) is 0.0365. The van der Waals surface area contributed by atoms with Gasteiger partial charge in [-0.3, -0.25) is 4.79 Å². The third kappa shape index (κ3) is 12.3. The first-order valence-corrected chi connectivity index (χ1v) is 33.4. The van der Waals surface area contributed by atoms with Gasteiger partial charge >= 0.3 is 5.97 Å². The van der Waals surface area contributed by atoms with E-state index in [2.05, 4.69) is 33.8 Å². The molecule has 0 radical (unpaired) electrons. The summed E-state index contributed by atoms with van der Waals surface area (Å²) in [4.78, 5) is 15.6. The van der Waals surface area contributed by atoms with E-state index in [0.717, 1.165) is 5.57 Å². The Balaban J connectivity index is 0.804. The topological polar surface area (TPSA) is 532 Å². The summed E-state index contributed by atoms with van der Waals surface area (Å²) in [6.07, 6.45) is -43.6. The van der Waals surface area contributed by atoms with Gasteiger partial charge in [0.1, 0.15) is 115 Å². The summed E-state index contributed by atoms with van der Waals surface area (Å²) in [5.41, 5.74) is -7.41. The van der Waals surface area contributed by atoms with Crippen LogP contribution in [0.5, 0.6) is 0 Å². The highest BCUT2D eigenvalue weighted by Crippen LogP contribution is 2.76. The third-order valence-electron chi connectivity index (χ3n) is 24.7. The average Bonchev–Trinajstić information content (AvgIpc) is 0.691. The van der Waals surface area contributed by atoms with Crippen LogP contribution in [0.1, 0.15) is 92.9 Å². The zero-order valence-corrected chi connectivity index (χ0v) is 54.5. The van der Waals surface area contributed by atoms with E-state index < -0.39 is 281 Å². The maximum absolute atomic E-state index is 15.6. The molecule has 5 aliphatic carbocycles. The SMILES string of the molecule is C[C@@H]1O[C@@H](O[C@H]2[C@H](OC(=O)[C@]34CCC(C)(C)C[C@H]3C3=CC[C@@H]5[C@@]6(C)C[C@H](O)[C@H](O[C@@H]7O[C@H](CO)[C@@H](O)[C@H](O[C@@H]8O[C@H](CO)[C@@H](O)[C@H](O)[C@H]8O)[C@H]7O)C(CO)(CO)[C@@H]6CC[C@@]5(C)[C@]3(C)C[C@H]4O)OC[C@H](O)[C@@H]2O)[C@H](O)[C@H](O)[C@H]1O[C@@H]1OC[C@@H](O)[C@H](O[C@@H]2OC[C@](O)(CO)[C@H]2O)[C@H]1O. The Bertz CT molecular complexity index is 2710. The van der Waals surface area contributed by atoms with Gasteiger partial charge in [0.2, 0.25) is 6.29 Å². The van der Waals surface area contributed by atoms with E-state index in [4.69, 9.17) is 56.8 Å². The fourth-order valence-electron chi connectivity index (χ4n) is 18.9. The molecule has 11 aliphatic rings. The number of ether oxygens (including phenoxy) is 12. The Morgan fingerprint density at radius 1 is 0.531 bits per heavy atom. The Hall–Kier alpha value is -2.03. The fraction of sp³-hybridized carbons (Fsp3) is 0.952. The number of carbonyl (C=O) groups is 1. The minimum absolute atomic E-state index is 0.00569. The van der Waals surface area contributed by atoms with Crippen molar-refractivity contribution in [1.29, 1.82) is 0 Å². The van der Waals surface area contributed by atoms with Crippen LogP contribution < -0.4 is 0 Å². The lowest BCUT2D eigenvalue weighted by Gasteiger charge is -2.72. The molecule has 0 unspecified atom stereocenters. The molecule has 0 bridgehead atoms. The van der Waals surface area contributed by atoms with Crippen molar-refractivity contribution in [3.05, 3.63) is 11.6 Å². The summed E-state index contributed by atoms with van der Waals surface area (Å²) in [6, 6.07) is 0. The molecule has 0 aromatic rings. The number of allylic oxidation sites excluding steroid dienone is 2. The zero-order valence-electron chi connectivity index (χ0n) is 54.5. The molecule has 36 atom stereocenters. The molecule has 6 heterocycles. The van der Waals surface area contributed by atoms with Crippen LogP contribution in [0.25, 0.3) is 0 Å². The van der Waals surface area contributed by atoms with Crippen LogP contribution in [-0.4, -0.2) is 339 Å². The summed E-state index contributed by atoms with van der Waals surface area (Å²) in [7, 11) is 0. The molecule has 0 spiro atoms. The highest BCUT2D eigenvalue weighted by molar-refractivity contribution is 5.80. The predicted molar refractivity (Wildman–Crippen MR) is 314 cm³/mol. The van der Waals surface area contributed by atoms with Crippen LogP contribution in [0.3, 0.4) is 0 Å². The zero-order chi connectivity index (χ0) is 70.1. The summed E-state index contributed by atoms with van der Waals surface area (Å²) < 4.78 is 70.3. The maximum atomic E-state index is 15.6. The predicted octanol–water partition coefficient (Wildman–Crippen LogP) is -7.55. The molecule has 552 valence electrons. The molecule has 4 saturated carbocycles. The summed E-state index contributed by atoms with van der Waals surface area (Å²) in [6.45, 7) is 6.04. The number of hydrogen-bond acceptors (Lipinski definition) is 33. The van der Waals surface area contributed by atoms with Gasteiger partial charge in [-0.1, -0.05) is 46.3 Å². The van der Waals surface area contributed by atoms with E-state index in [9.17, 15) is 102 Å². The maximum Gasteiger partial charge on any atom is 0.317 e. The standard InChI is InChI=1S/C63H102O33/c1-24-44(91-50-42(80)45(29(71)19-85-50)92-55-48(82)62(84,22-68)23-87-55)39(77)41(79)51(88-24)94-47-35(73)28(70)18-86-54(47)96-56(83)63-12-11-57(2,3)13-26(63)25-7-8-32-58(4)14-27(69)49(61(20-66,21-67)33(58)9-10-59(32,5)60(25,6)15-34(63)72)95-53-43(81)46(37(75)31(17-65)90-53)93-52-40(78)38(76)36(74)30(16-64)89-52/h7,24,26-55,64-82,84H,8-23H2,1-6H3/t24-,26-,27-,28-,29+,30+,31+,32+,33+,34+,35-,36+,37+,38-,39-,40+,41+,42+,43+,44-,45-,46-,47+,48-,49-,50-,51-,52-,53-,54-,55-,58+,59+,60+,62+,63+/m0/s1. The lowest BCUT2D eigenvalue weighted by molar-refractivity contribution is -0.377. The largest absolute Gasteiger partial charge is 0.432 e. The first-order valence-electron chi connectivity index (χ1n) is 33.4. The van der Waals surface area contributed by atoms with E-state index in [1.54, 1.807) is 0 Å². The molecule has 33 heteroatoms. The van der Waals surface area contributed by atoms with Crippen molar-refractivity contribution in [3.63, 3.8) is 0 Å². The second kappa shape index (κ2) is 27.9. The molecule has 6 saturated heterocycles. The smallest absolute Gasteiger partial charge is 0.317 e. The number of rotatable bonds is 17. The third-order valence-corrected chi connectivity index (χ3v) is 24.7. The first-order chi connectivity index (χ1) is 45.1. The summed E-state index contributed by atoms with van der Waals surface area (Å²) >= 11 is 0. The number of carbonyl (C=O) groups excluding carboxylic acids is 1. The van der Waals surface area contributed by atoms with Gasteiger partial charge in [0, 0.05) is 5.41 Å². The Labute approximate surface area is 553 Å². The molecule has 33 nitrogen and oxygen atoms in total. The Morgan fingerprint density at radius 3 is 1.76 bits per heavy atom. The van der Waals surface area contributed by atoms with E-state index in [-0.39, 0.29) is 25.2 Å². The van der Waals surface area contributed by atoms with Crippen molar-refractivity contribution in [3.8, 4) is 0 Å². The highest BCUT2D eigenvalue weighted by atomic mass is 16.8. The first kappa shape index (κ1) is 75.1. The van der Waals surface area contributed by atoms with Gasteiger partial charge < -0.3 is 159 Å². The van der Waals surface area contributed by atoms with E-state index in [1.807, 2.05) is 6.92 Å². The van der Waals surface area contributed by atoms with Gasteiger partial charge in [-0.15, -0.1) is 0 Å². The van der Waals surface area contributed by atoms with Crippen LogP contribution in [0.2, 0.25) is 0 Å². The number of aliphatic hydroxyl groups excluding tert-OH is 19. The molecule has 20 N–H and O–H groups in total. The van der Waals surface area contributed by atoms with E-state index in [0.29, 0.717) is 32.1 Å². The van der Waals surface area contributed by atoms with E-state index in [1.165, 1.54) is 6.92 Å². The van der Waals surface area contributed by atoms with Gasteiger partial charge in [-0.25, -0.2) is 0 Å². The minimum Gasteiger partial charge on any atom is -0.432 e. The van der Waals surface area contributed by atoms with Gasteiger partial charge in [-0.05, 0) is 97.7 Å². The lowest BCUT2D eigenvalue weighted by atomic mass is 9.33. The van der Waals surface area contributed by atoms with Crippen molar-refractivity contribution in [1.82, 2.24) is 0 Å². The van der Waals surface area contributed by atoms with Crippen molar-refractivity contribution < 1.29 is 164 Å². The number of fused-ring (bicyclic) bond motifs is 7. The normalized spacial score (nSPS) is 54.0. The highest BCUT2D eigenvalue weighted by Gasteiger charge is 2.74. The molecule has 10 fully saturated rings. The molecule has 0 amide bonds. The lowest BCUT2D eigenvalue weighted by Crippen LogP contribution is -2.72. The second-order valence-corrected chi connectivity index (χ2v) is 30.7. The Kier molecular flexibility index (Phi) is 21.8. The van der Waals surface area contributed by atoms with Gasteiger partial charge in [0.15, 0.2) is 37.6 Å². The summed E-state index contributed by atoms with van der Waals surface area (Å²) in [5, 5.41) is 222. The minimum atomic E-state index is -2.09. The van der Waals surface area contributed by atoms with E-state index >= 15 is 4.79 Å². The van der Waals surface area contributed by atoms with Gasteiger partial charge in [0.25, 0.3) is 0 Å². The van der Waals surface area contributed by atoms with Crippen LogP contribution in [0.15, 0.2) is 11.6 Å². The number of aliphatic hydroxyl groups is 20. The van der Waals surface area contributed by atoms with Crippen molar-refractivity contribution in [2.24, 2.45) is 50.2 Å². The van der Waals surface area contributed by atoms with Crippen molar-refractivity contribution >= 4 is 5.97 Å².